The number of halogens is 3. The average molecular weight is 659 g/mol. The van der Waals surface area contributed by atoms with Crippen LogP contribution in [-0.4, -0.2) is 23.0 Å². The van der Waals surface area contributed by atoms with Gasteiger partial charge in [0, 0.05) is 47.8 Å². The molecule has 3 aliphatic rings. The van der Waals surface area contributed by atoms with Crippen LogP contribution in [0.25, 0.3) is 0 Å². The molecule has 5 rings (SSSR count). The SMILES string of the molecule is CCN1C2=C(C(=O)CC(C)(C)C2)C(c2cc(Br)c(OCc3cccc(F)c3)c(Br)c2)C2=C1CC(C)(C)CC2=O. The third kappa shape index (κ3) is 5.41. The van der Waals surface area contributed by atoms with Crippen molar-refractivity contribution in [2.24, 2.45) is 10.8 Å². The van der Waals surface area contributed by atoms with Crippen molar-refractivity contribution in [3.8, 4) is 5.75 Å². The quantitative estimate of drug-likeness (QED) is 0.323. The Morgan fingerprint density at radius 2 is 1.44 bits per heavy atom. The number of carbonyl (C=O) groups is 2. The zero-order valence-corrected chi connectivity index (χ0v) is 26.3. The smallest absolute Gasteiger partial charge is 0.162 e. The van der Waals surface area contributed by atoms with Gasteiger partial charge in [-0.25, -0.2) is 4.39 Å². The molecule has 1 heterocycles. The highest BCUT2D eigenvalue weighted by Gasteiger charge is 2.48. The molecule has 0 bridgehead atoms. The molecule has 0 saturated carbocycles. The summed E-state index contributed by atoms with van der Waals surface area (Å²) in [4.78, 5) is 29.9. The first-order valence-electron chi connectivity index (χ1n) is 13.5. The molecule has 0 unspecified atom stereocenters. The summed E-state index contributed by atoms with van der Waals surface area (Å²) in [6, 6.07) is 10.3. The molecular weight excluding hydrogens is 625 g/mol. The van der Waals surface area contributed by atoms with Crippen LogP contribution < -0.4 is 4.74 Å². The topological polar surface area (TPSA) is 46.6 Å². The van der Waals surface area contributed by atoms with Gasteiger partial charge in [0.2, 0.25) is 0 Å². The number of ketones is 2. The van der Waals surface area contributed by atoms with Gasteiger partial charge in [-0.2, -0.15) is 0 Å². The first-order valence-corrected chi connectivity index (χ1v) is 15.0. The number of Topliss-reactive ketones (excluding diaryl/α,β-unsaturated/α-hetero) is 2. The number of allylic oxidation sites excluding steroid dienone is 4. The first-order chi connectivity index (χ1) is 18.3. The van der Waals surface area contributed by atoms with Crippen molar-refractivity contribution in [3.05, 3.63) is 84.8 Å². The van der Waals surface area contributed by atoms with E-state index in [9.17, 15) is 14.0 Å². The molecule has 1 aliphatic heterocycles. The lowest BCUT2D eigenvalue weighted by molar-refractivity contribution is -0.119. The summed E-state index contributed by atoms with van der Waals surface area (Å²) in [5.41, 5.74) is 4.96. The summed E-state index contributed by atoms with van der Waals surface area (Å²) in [7, 11) is 0. The van der Waals surface area contributed by atoms with Crippen molar-refractivity contribution >= 4 is 43.4 Å². The maximum atomic E-state index is 13.8. The predicted molar refractivity (Wildman–Crippen MR) is 158 cm³/mol. The van der Waals surface area contributed by atoms with Gasteiger partial charge >= 0.3 is 0 Å². The molecule has 0 spiro atoms. The Morgan fingerprint density at radius 1 is 0.897 bits per heavy atom. The van der Waals surface area contributed by atoms with Crippen LogP contribution in [0.15, 0.2) is 67.9 Å². The van der Waals surface area contributed by atoms with Crippen molar-refractivity contribution in [1.82, 2.24) is 4.90 Å². The molecule has 2 aliphatic carbocycles. The molecule has 206 valence electrons. The van der Waals surface area contributed by atoms with Crippen molar-refractivity contribution in [1.29, 1.82) is 0 Å². The van der Waals surface area contributed by atoms with Crippen LogP contribution in [-0.2, 0) is 16.2 Å². The highest BCUT2D eigenvalue weighted by Crippen LogP contribution is 2.55. The van der Waals surface area contributed by atoms with E-state index < -0.39 is 5.92 Å². The highest BCUT2D eigenvalue weighted by atomic mass is 79.9. The van der Waals surface area contributed by atoms with Crippen LogP contribution in [0.3, 0.4) is 0 Å². The van der Waals surface area contributed by atoms with Crippen LogP contribution in [0.5, 0.6) is 5.75 Å². The molecule has 0 atom stereocenters. The van der Waals surface area contributed by atoms with Crippen LogP contribution in [0, 0.1) is 16.6 Å². The largest absolute Gasteiger partial charge is 0.487 e. The van der Waals surface area contributed by atoms with Crippen LogP contribution in [0.4, 0.5) is 4.39 Å². The monoisotopic (exact) mass is 657 g/mol. The average Bonchev–Trinajstić information content (AvgIpc) is 2.80. The number of hydrogen-bond donors (Lipinski definition) is 0. The van der Waals surface area contributed by atoms with Gasteiger partial charge < -0.3 is 9.64 Å². The predicted octanol–water partition coefficient (Wildman–Crippen LogP) is 8.64. The van der Waals surface area contributed by atoms with E-state index in [1.54, 1.807) is 6.07 Å². The Morgan fingerprint density at radius 3 is 1.92 bits per heavy atom. The van der Waals surface area contributed by atoms with Crippen LogP contribution in [0.1, 0.15) is 77.3 Å². The summed E-state index contributed by atoms with van der Waals surface area (Å²) >= 11 is 7.36. The van der Waals surface area contributed by atoms with Gasteiger partial charge in [-0.1, -0.05) is 39.8 Å². The number of ether oxygens (including phenoxy) is 1. The lowest BCUT2D eigenvalue weighted by Crippen LogP contribution is -2.44. The molecule has 2 aromatic rings. The third-order valence-electron chi connectivity index (χ3n) is 7.96. The highest BCUT2D eigenvalue weighted by molar-refractivity contribution is 9.11. The van der Waals surface area contributed by atoms with Crippen molar-refractivity contribution in [2.75, 3.05) is 6.54 Å². The van der Waals surface area contributed by atoms with Crippen molar-refractivity contribution in [3.63, 3.8) is 0 Å². The molecule has 0 amide bonds. The Kier molecular flexibility index (Phi) is 7.47. The Bertz CT molecular complexity index is 1360. The Labute approximate surface area is 246 Å². The van der Waals surface area contributed by atoms with E-state index in [1.165, 1.54) is 12.1 Å². The van der Waals surface area contributed by atoms with Gasteiger partial charge in [0.25, 0.3) is 0 Å². The molecule has 0 fully saturated rings. The summed E-state index contributed by atoms with van der Waals surface area (Å²) in [5, 5.41) is 0. The van der Waals surface area contributed by atoms with E-state index in [4.69, 9.17) is 4.74 Å². The molecule has 39 heavy (non-hydrogen) atoms. The Balaban J connectivity index is 1.62. The molecule has 0 radical (unpaired) electrons. The van der Waals surface area contributed by atoms with Gasteiger partial charge in [0.05, 0.1) is 8.95 Å². The van der Waals surface area contributed by atoms with Crippen LogP contribution >= 0.6 is 31.9 Å². The summed E-state index contributed by atoms with van der Waals surface area (Å²) in [6.45, 7) is 11.6. The van der Waals surface area contributed by atoms with Gasteiger partial charge in [-0.05, 0) is 97.8 Å². The van der Waals surface area contributed by atoms with E-state index in [2.05, 4.69) is 71.4 Å². The first kappa shape index (κ1) is 28.3. The third-order valence-corrected chi connectivity index (χ3v) is 9.14. The molecule has 0 saturated heterocycles. The van der Waals surface area contributed by atoms with E-state index in [0.29, 0.717) is 27.5 Å². The zero-order valence-electron chi connectivity index (χ0n) is 23.1. The Hall–Kier alpha value is -2.25. The fraction of sp³-hybridized carbons (Fsp3) is 0.438. The van der Waals surface area contributed by atoms with Gasteiger partial charge in [-0.15, -0.1) is 0 Å². The second kappa shape index (κ2) is 10.3. The number of hydrogen-bond acceptors (Lipinski definition) is 4. The van der Waals surface area contributed by atoms with Crippen molar-refractivity contribution < 1.29 is 18.7 Å². The number of rotatable bonds is 5. The summed E-state index contributed by atoms with van der Waals surface area (Å²) in [6.07, 6.45) is 2.50. The minimum absolute atomic E-state index is 0.118. The molecule has 0 aromatic heterocycles. The fourth-order valence-corrected chi connectivity index (χ4v) is 7.88. The van der Waals surface area contributed by atoms with E-state index in [1.807, 2.05) is 18.2 Å². The molecular formula is C32H34Br2FNO3. The van der Waals surface area contributed by atoms with E-state index in [0.717, 1.165) is 53.1 Å². The maximum Gasteiger partial charge on any atom is 0.162 e. The molecule has 4 nitrogen and oxygen atoms in total. The summed E-state index contributed by atoms with van der Waals surface area (Å²) in [5.74, 6) is 0.0939. The second-order valence-electron chi connectivity index (χ2n) is 12.5. The van der Waals surface area contributed by atoms with Gasteiger partial charge in [-0.3, -0.25) is 9.59 Å². The normalized spacial score (nSPS) is 20.8. The van der Waals surface area contributed by atoms with E-state index in [-0.39, 0.29) is 34.8 Å². The maximum absolute atomic E-state index is 13.8. The standard InChI is InChI=1S/C32H34Br2FNO3/c1-6-36-23-13-31(2,3)15-25(37)28(23)27(29-24(36)14-32(4,5)16-26(29)38)19-11-21(33)30(22(34)12-19)39-17-18-8-7-9-20(35)10-18/h7-12,27H,6,13-17H2,1-5H3. The molecule has 7 heteroatoms. The van der Waals surface area contributed by atoms with Crippen LogP contribution in [0.2, 0.25) is 0 Å². The molecule has 2 aromatic carbocycles. The minimum atomic E-state index is -0.421. The lowest BCUT2D eigenvalue weighted by atomic mass is 9.63. The van der Waals surface area contributed by atoms with Crippen molar-refractivity contribution in [2.45, 2.75) is 72.8 Å². The zero-order chi connectivity index (χ0) is 28.3. The number of carbonyl (C=O) groups excluding carboxylic acids is 2. The lowest BCUT2D eigenvalue weighted by Gasteiger charge is -2.49. The van der Waals surface area contributed by atoms with Gasteiger partial charge in [0.1, 0.15) is 18.2 Å². The minimum Gasteiger partial charge on any atom is -0.487 e. The van der Waals surface area contributed by atoms with Gasteiger partial charge in [0.15, 0.2) is 11.6 Å². The number of benzene rings is 2. The molecule has 0 N–H and O–H groups in total. The van der Waals surface area contributed by atoms with E-state index >= 15 is 0 Å². The number of nitrogens with zero attached hydrogens (tertiary/aromatic N) is 1. The fourth-order valence-electron chi connectivity index (χ4n) is 6.43. The summed E-state index contributed by atoms with van der Waals surface area (Å²) < 4.78 is 21.1. The second-order valence-corrected chi connectivity index (χ2v) is 14.2.